The van der Waals surface area contributed by atoms with Crippen molar-refractivity contribution in [2.75, 3.05) is 0 Å². The summed E-state index contributed by atoms with van der Waals surface area (Å²) in [5, 5.41) is 2.81. The number of nitrogens with one attached hydrogen (secondary N) is 1. The number of hydrogen-bond acceptors (Lipinski definition) is 1. The topological polar surface area (TPSA) is 12.0 Å². The third-order valence-corrected chi connectivity index (χ3v) is 7.68. The van der Waals surface area contributed by atoms with E-state index in [0.717, 1.165) is 0 Å². The molecule has 2 aromatic carbocycles. The van der Waals surface area contributed by atoms with Crippen LogP contribution in [0.3, 0.4) is 0 Å². The average molecular weight is 273 g/mol. The highest BCUT2D eigenvalue weighted by Gasteiger charge is 2.21. The Labute approximate surface area is 112 Å². The van der Waals surface area contributed by atoms with Crippen LogP contribution in [0.2, 0.25) is 19.6 Å². The smallest absolute Gasteiger partial charge is 0.120 e. The molecule has 0 radical (unpaired) electrons. The molecule has 1 nitrogen and oxygen atoms in total. The maximum atomic E-state index is 3.89. The maximum Gasteiger partial charge on any atom is 0.120 e. The van der Waals surface area contributed by atoms with Crippen LogP contribution in [0.25, 0.3) is 0 Å². The molecule has 0 saturated heterocycles. The van der Waals surface area contributed by atoms with Crippen molar-refractivity contribution >= 4 is 26.9 Å². The van der Waals surface area contributed by atoms with E-state index in [1.54, 1.807) is 0 Å². The Hall–Kier alpha value is -0.953. The van der Waals surface area contributed by atoms with Crippen LogP contribution in [0, 0.1) is 0 Å². The molecule has 94 valence electrons. The summed E-state index contributed by atoms with van der Waals surface area (Å²) >= 11 is 0. The Morgan fingerprint density at radius 1 is 0.722 bits per heavy atom. The molecule has 0 heterocycles. The van der Waals surface area contributed by atoms with Gasteiger partial charge in [0.25, 0.3) is 0 Å². The molecule has 2 aromatic rings. The van der Waals surface area contributed by atoms with Crippen molar-refractivity contribution in [2.24, 2.45) is 0 Å². The van der Waals surface area contributed by atoms with Crippen molar-refractivity contribution in [2.45, 2.75) is 19.6 Å². The van der Waals surface area contributed by atoms with Crippen LogP contribution in [0.5, 0.6) is 0 Å². The van der Waals surface area contributed by atoms with Crippen molar-refractivity contribution in [1.29, 1.82) is 0 Å². The van der Waals surface area contributed by atoms with E-state index >= 15 is 0 Å². The van der Waals surface area contributed by atoms with Gasteiger partial charge in [0.05, 0.1) is 0 Å². The van der Waals surface area contributed by atoms with Gasteiger partial charge in [-0.15, -0.1) is 0 Å². The third-order valence-electron chi connectivity index (χ3n) is 2.48. The van der Waals surface area contributed by atoms with Crippen LogP contribution in [0.1, 0.15) is 0 Å². The molecular weight excluding hydrogens is 253 g/mol. The van der Waals surface area contributed by atoms with E-state index in [4.69, 9.17) is 0 Å². The molecule has 0 aliphatic carbocycles. The predicted octanol–water partition coefficient (Wildman–Crippen LogP) is 3.46. The fourth-order valence-electron chi connectivity index (χ4n) is 1.77. The molecule has 0 atom stereocenters. The Kier molecular flexibility index (Phi) is 4.34. The summed E-state index contributed by atoms with van der Waals surface area (Å²) in [5.74, 6) is 0. The molecule has 0 saturated carbocycles. The zero-order valence-corrected chi connectivity index (χ0v) is 13.1. The molecule has 0 fully saturated rings. The van der Waals surface area contributed by atoms with Crippen molar-refractivity contribution in [1.82, 2.24) is 4.75 Å². The maximum absolute atomic E-state index is 3.89. The van der Waals surface area contributed by atoms with E-state index in [2.05, 4.69) is 85.1 Å². The number of rotatable bonds is 4. The first kappa shape index (κ1) is 13.5. The highest BCUT2D eigenvalue weighted by molar-refractivity contribution is 7.72. The third kappa shape index (κ3) is 3.77. The molecule has 2 rings (SSSR count). The molecule has 0 aromatic heterocycles. The first-order chi connectivity index (χ1) is 8.56. The van der Waals surface area contributed by atoms with E-state index in [-0.39, 0.29) is 0 Å². The van der Waals surface area contributed by atoms with Gasteiger partial charge in [0.15, 0.2) is 0 Å². The second-order valence-electron chi connectivity index (χ2n) is 5.37. The highest BCUT2D eigenvalue weighted by Crippen LogP contribution is 2.30. The molecule has 0 aliphatic rings. The van der Waals surface area contributed by atoms with Crippen molar-refractivity contribution in [3.63, 3.8) is 0 Å². The van der Waals surface area contributed by atoms with Gasteiger partial charge >= 0.3 is 0 Å². The summed E-state index contributed by atoms with van der Waals surface area (Å²) in [7, 11) is -1.73. The standard InChI is InChI=1S/C15H20NPSi/c1-18(2,3)16-17(14-10-6-4-7-11-14)15-12-8-5-9-13-15/h4-13,16H,1-3H3. The van der Waals surface area contributed by atoms with Gasteiger partial charge in [-0.3, -0.25) is 0 Å². The van der Waals surface area contributed by atoms with Crippen LogP contribution in [0.4, 0.5) is 0 Å². The molecule has 1 N–H and O–H groups in total. The average Bonchev–Trinajstić information content (AvgIpc) is 2.37. The molecule has 0 unspecified atom stereocenters. The molecule has 0 bridgehead atoms. The van der Waals surface area contributed by atoms with Crippen LogP contribution in [0.15, 0.2) is 60.7 Å². The quantitative estimate of drug-likeness (QED) is 0.664. The second kappa shape index (κ2) is 5.79. The monoisotopic (exact) mass is 273 g/mol. The fraction of sp³-hybridized carbons (Fsp3) is 0.200. The van der Waals surface area contributed by atoms with Crippen molar-refractivity contribution in [3.8, 4) is 0 Å². The van der Waals surface area contributed by atoms with Gasteiger partial charge in [-0.25, -0.2) is 0 Å². The molecule has 0 amide bonds. The largest absolute Gasteiger partial charge is 0.309 e. The molecular formula is C15H20NPSi. The highest BCUT2D eigenvalue weighted by atomic mass is 31.1. The first-order valence-corrected chi connectivity index (χ1v) is 11.1. The predicted molar refractivity (Wildman–Crippen MR) is 85.6 cm³/mol. The summed E-state index contributed by atoms with van der Waals surface area (Å²) < 4.78 is 3.89. The van der Waals surface area contributed by atoms with E-state index in [9.17, 15) is 0 Å². The first-order valence-electron chi connectivity index (χ1n) is 6.24. The fourth-order valence-corrected chi connectivity index (χ4v) is 6.72. The second-order valence-corrected chi connectivity index (χ2v) is 12.5. The molecule has 0 spiro atoms. The Morgan fingerprint density at radius 2 is 1.11 bits per heavy atom. The van der Waals surface area contributed by atoms with Gasteiger partial charge in [0.2, 0.25) is 0 Å². The lowest BCUT2D eigenvalue weighted by Crippen LogP contribution is -2.41. The van der Waals surface area contributed by atoms with Crippen LogP contribution in [-0.2, 0) is 0 Å². The van der Waals surface area contributed by atoms with E-state index in [1.807, 2.05) is 0 Å². The number of benzene rings is 2. The normalized spacial score (nSPS) is 11.8. The van der Waals surface area contributed by atoms with Crippen molar-refractivity contribution in [3.05, 3.63) is 60.7 Å². The van der Waals surface area contributed by atoms with Gasteiger partial charge in [0, 0.05) is 8.07 Å². The van der Waals surface area contributed by atoms with Gasteiger partial charge < -0.3 is 4.75 Å². The van der Waals surface area contributed by atoms with E-state index in [1.165, 1.54) is 10.6 Å². The van der Waals surface area contributed by atoms with E-state index < -0.39 is 16.3 Å². The summed E-state index contributed by atoms with van der Waals surface area (Å²) in [6.45, 7) is 7.07. The Bertz CT molecular complexity index is 439. The lowest BCUT2D eigenvalue weighted by molar-refractivity contribution is 1.43. The minimum atomic E-state index is -1.31. The summed E-state index contributed by atoms with van der Waals surface area (Å²) in [5.41, 5.74) is 0. The lowest BCUT2D eigenvalue weighted by Gasteiger charge is -2.27. The Balaban J connectivity index is 2.36. The molecule has 18 heavy (non-hydrogen) atoms. The van der Waals surface area contributed by atoms with Crippen LogP contribution >= 0.6 is 8.07 Å². The van der Waals surface area contributed by atoms with Crippen molar-refractivity contribution < 1.29 is 0 Å². The SMILES string of the molecule is C[Si](C)(C)NP(c1ccccc1)c1ccccc1. The number of hydrogen-bond donors (Lipinski definition) is 1. The van der Waals surface area contributed by atoms with E-state index in [0.29, 0.717) is 0 Å². The zero-order chi connectivity index (χ0) is 13.0. The zero-order valence-electron chi connectivity index (χ0n) is 11.2. The van der Waals surface area contributed by atoms with Gasteiger partial charge in [-0.05, 0) is 10.6 Å². The van der Waals surface area contributed by atoms with Gasteiger partial charge in [-0.2, -0.15) is 0 Å². The summed E-state index contributed by atoms with van der Waals surface area (Å²) in [6, 6.07) is 21.6. The summed E-state index contributed by atoms with van der Waals surface area (Å²) in [6.07, 6.45) is 0. The lowest BCUT2D eigenvalue weighted by atomic mass is 10.4. The van der Waals surface area contributed by atoms with Crippen LogP contribution in [-0.4, -0.2) is 8.24 Å². The molecule has 3 heteroatoms. The Morgan fingerprint density at radius 3 is 1.44 bits per heavy atom. The minimum absolute atomic E-state index is 0.427. The molecule has 0 aliphatic heterocycles. The summed E-state index contributed by atoms with van der Waals surface area (Å²) in [4.78, 5) is 0. The van der Waals surface area contributed by atoms with Crippen LogP contribution < -0.4 is 15.4 Å². The van der Waals surface area contributed by atoms with Gasteiger partial charge in [0.1, 0.15) is 8.24 Å². The van der Waals surface area contributed by atoms with Gasteiger partial charge in [-0.1, -0.05) is 80.3 Å². The minimum Gasteiger partial charge on any atom is -0.309 e.